The van der Waals surface area contributed by atoms with Crippen molar-refractivity contribution in [1.82, 2.24) is 0 Å². The fourth-order valence-electron chi connectivity index (χ4n) is 5.74. The molecule has 3 aliphatic carbocycles. The van der Waals surface area contributed by atoms with Crippen LogP contribution >= 0.6 is 0 Å². The average Bonchev–Trinajstić information content (AvgIpc) is 2.90. The van der Waals surface area contributed by atoms with Gasteiger partial charge in [0, 0.05) is 5.92 Å². The van der Waals surface area contributed by atoms with Gasteiger partial charge in [-0.3, -0.25) is 0 Å². The Bertz CT molecular complexity index is 1480. The molecule has 0 N–H and O–H groups in total. The van der Waals surface area contributed by atoms with E-state index < -0.39 is 0 Å². The first-order chi connectivity index (χ1) is 17.2. The molecular formula is C34H32O. The number of rotatable bonds is 5. The van der Waals surface area contributed by atoms with Crippen molar-refractivity contribution < 1.29 is 4.74 Å². The molecule has 0 heterocycles. The van der Waals surface area contributed by atoms with Crippen molar-refractivity contribution in [2.75, 3.05) is 0 Å². The number of ether oxygens (including phenoxy) is 1. The third-order valence-corrected chi connectivity index (χ3v) is 7.85. The molecule has 6 rings (SSSR count). The van der Waals surface area contributed by atoms with Crippen molar-refractivity contribution in [2.45, 2.75) is 45.8 Å². The fraction of sp³-hybridized carbons (Fsp3) is 0.235. The van der Waals surface area contributed by atoms with Crippen LogP contribution in [0.25, 0.3) is 23.8 Å². The molecule has 0 aliphatic heterocycles. The molecule has 1 nitrogen and oxygen atoms in total. The minimum Gasteiger partial charge on any atom is -0.372 e. The van der Waals surface area contributed by atoms with Crippen molar-refractivity contribution in [3.63, 3.8) is 0 Å². The highest BCUT2D eigenvalue weighted by atomic mass is 16.5. The van der Waals surface area contributed by atoms with Crippen LogP contribution in [0.3, 0.4) is 0 Å². The Morgan fingerprint density at radius 2 is 1.71 bits per heavy atom. The second-order valence-corrected chi connectivity index (χ2v) is 10.1. The number of hydrogen-bond donors (Lipinski definition) is 0. The molecule has 0 fully saturated rings. The van der Waals surface area contributed by atoms with E-state index in [0.29, 0.717) is 25.0 Å². The summed E-state index contributed by atoms with van der Waals surface area (Å²) in [6.07, 6.45) is 14.2. The summed E-state index contributed by atoms with van der Waals surface area (Å²) in [6, 6.07) is 23.9. The lowest BCUT2D eigenvalue weighted by atomic mass is 9.77. The van der Waals surface area contributed by atoms with Crippen molar-refractivity contribution in [2.24, 2.45) is 5.92 Å². The second-order valence-electron chi connectivity index (χ2n) is 10.1. The first-order valence-corrected chi connectivity index (χ1v) is 12.8. The number of fused-ring (bicyclic) bond motifs is 4. The van der Waals surface area contributed by atoms with Crippen molar-refractivity contribution in [3.8, 4) is 0 Å². The predicted molar refractivity (Wildman–Crippen MR) is 147 cm³/mol. The van der Waals surface area contributed by atoms with Gasteiger partial charge in [-0.15, -0.1) is 0 Å². The molecule has 174 valence electrons. The molecule has 3 aliphatic rings. The van der Waals surface area contributed by atoms with E-state index in [4.69, 9.17) is 4.74 Å². The predicted octanol–water partition coefficient (Wildman–Crippen LogP) is 6.92. The first kappa shape index (κ1) is 22.1. The van der Waals surface area contributed by atoms with Crippen molar-refractivity contribution in [1.29, 1.82) is 0 Å². The lowest BCUT2D eigenvalue weighted by molar-refractivity contribution is 0.106. The van der Waals surface area contributed by atoms with E-state index in [1.54, 1.807) is 5.57 Å². The zero-order valence-electron chi connectivity index (χ0n) is 20.6. The lowest BCUT2D eigenvalue weighted by Crippen LogP contribution is -2.35. The van der Waals surface area contributed by atoms with Crippen LogP contribution in [0.4, 0.5) is 0 Å². The quantitative estimate of drug-likeness (QED) is 0.405. The summed E-state index contributed by atoms with van der Waals surface area (Å²) in [4.78, 5) is 0. The zero-order valence-corrected chi connectivity index (χ0v) is 20.6. The van der Waals surface area contributed by atoms with Crippen LogP contribution in [0.1, 0.15) is 60.4 Å². The molecule has 35 heavy (non-hydrogen) atoms. The summed E-state index contributed by atoms with van der Waals surface area (Å²) in [5.74, 6) is 0.902. The highest BCUT2D eigenvalue weighted by Gasteiger charge is 2.23. The first-order valence-electron chi connectivity index (χ1n) is 12.8. The molecule has 0 bridgehead atoms. The Morgan fingerprint density at radius 1 is 0.886 bits per heavy atom. The Balaban J connectivity index is 1.24. The summed E-state index contributed by atoms with van der Waals surface area (Å²) >= 11 is 0. The Kier molecular flexibility index (Phi) is 5.88. The van der Waals surface area contributed by atoms with E-state index in [9.17, 15) is 0 Å². The standard InChI is InChI=1S/C34H32O/c1-23-18-26-13-16-32-31-15-12-27(20-28(31)14-17-33(32)34(26)19-24(23)2)30-11-7-6-10-29(30)22-35-21-25-8-4-3-5-9-25/h3-13,15-19,24,27H,14,20-22H2,1-2H3/t24?,27-/m1/s1. The van der Waals surface area contributed by atoms with Crippen LogP contribution in [-0.4, -0.2) is 0 Å². The van der Waals surface area contributed by atoms with Gasteiger partial charge in [0.15, 0.2) is 0 Å². The van der Waals surface area contributed by atoms with Gasteiger partial charge < -0.3 is 4.74 Å². The van der Waals surface area contributed by atoms with Gasteiger partial charge in [-0.1, -0.05) is 115 Å². The maximum absolute atomic E-state index is 6.11. The summed E-state index contributed by atoms with van der Waals surface area (Å²) in [5, 5.41) is 2.85. The Labute approximate surface area is 208 Å². The molecule has 2 atom stereocenters. The maximum Gasteiger partial charge on any atom is 0.0724 e. The fourth-order valence-corrected chi connectivity index (χ4v) is 5.74. The smallest absolute Gasteiger partial charge is 0.0724 e. The van der Waals surface area contributed by atoms with Crippen LogP contribution in [0, 0.1) is 5.92 Å². The van der Waals surface area contributed by atoms with Gasteiger partial charge in [0.05, 0.1) is 13.2 Å². The molecule has 0 amide bonds. The highest BCUT2D eigenvalue weighted by molar-refractivity contribution is 5.83. The van der Waals surface area contributed by atoms with Gasteiger partial charge in [-0.05, 0) is 69.5 Å². The van der Waals surface area contributed by atoms with Gasteiger partial charge in [0.25, 0.3) is 0 Å². The Hall–Kier alpha value is -3.42. The van der Waals surface area contributed by atoms with Gasteiger partial charge in [-0.25, -0.2) is 0 Å². The molecule has 1 unspecified atom stereocenters. The van der Waals surface area contributed by atoms with Crippen LogP contribution in [0.5, 0.6) is 0 Å². The second kappa shape index (κ2) is 9.32. The van der Waals surface area contributed by atoms with Crippen LogP contribution < -0.4 is 10.4 Å². The number of benzene rings is 3. The maximum atomic E-state index is 6.11. The van der Waals surface area contributed by atoms with E-state index in [1.165, 1.54) is 49.4 Å². The van der Waals surface area contributed by atoms with Crippen molar-refractivity contribution in [3.05, 3.63) is 128 Å². The molecule has 0 aromatic heterocycles. The summed E-state index contributed by atoms with van der Waals surface area (Å²) in [7, 11) is 0. The largest absolute Gasteiger partial charge is 0.372 e. The van der Waals surface area contributed by atoms with Gasteiger partial charge in [0.2, 0.25) is 0 Å². The molecular weight excluding hydrogens is 424 g/mol. The van der Waals surface area contributed by atoms with Crippen LogP contribution in [-0.2, 0) is 18.0 Å². The summed E-state index contributed by atoms with van der Waals surface area (Å²) in [6.45, 7) is 5.82. The molecule has 1 heteroatoms. The number of allylic oxidation sites excluding steroid dienone is 5. The van der Waals surface area contributed by atoms with Gasteiger partial charge in [0.1, 0.15) is 0 Å². The van der Waals surface area contributed by atoms with Gasteiger partial charge >= 0.3 is 0 Å². The van der Waals surface area contributed by atoms with Gasteiger partial charge in [-0.2, -0.15) is 0 Å². The molecule has 3 aromatic rings. The third-order valence-electron chi connectivity index (χ3n) is 7.85. The summed E-state index contributed by atoms with van der Waals surface area (Å²) < 4.78 is 6.11. The number of hydrogen-bond acceptors (Lipinski definition) is 1. The minimum atomic E-state index is 0.398. The normalized spacial score (nSPS) is 20.2. The monoisotopic (exact) mass is 456 g/mol. The minimum absolute atomic E-state index is 0.398. The van der Waals surface area contributed by atoms with E-state index in [2.05, 4.69) is 105 Å². The molecule has 0 saturated carbocycles. The third kappa shape index (κ3) is 4.26. The molecule has 0 spiro atoms. The molecule has 0 radical (unpaired) electrons. The molecule has 3 aromatic carbocycles. The lowest BCUT2D eigenvalue weighted by Gasteiger charge is -2.27. The van der Waals surface area contributed by atoms with E-state index >= 15 is 0 Å². The van der Waals surface area contributed by atoms with Crippen LogP contribution in [0.15, 0.2) is 90.0 Å². The molecule has 0 saturated heterocycles. The van der Waals surface area contributed by atoms with Crippen LogP contribution in [0.2, 0.25) is 0 Å². The highest BCUT2D eigenvalue weighted by Crippen LogP contribution is 2.39. The van der Waals surface area contributed by atoms with E-state index in [1.807, 2.05) is 6.07 Å². The van der Waals surface area contributed by atoms with E-state index in [0.717, 1.165) is 12.8 Å². The average molecular weight is 457 g/mol. The summed E-state index contributed by atoms with van der Waals surface area (Å²) in [5.41, 5.74) is 11.1. The Morgan fingerprint density at radius 3 is 2.60 bits per heavy atom. The zero-order chi connectivity index (χ0) is 23.8. The topological polar surface area (TPSA) is 9.23 Å². The SMILES string of the molecule is CC1=Cc2ccc3c(c2=CC1C)=CCC1=C3C=C[C@@H](c2ccccc2COCc2ccccc2)C1. The van der Waals surface area contributed by atoms with E-state index in [-0.39, 0.29) is 0 Å². The van der Waals surface area contributed by atoms with Crippen molar-refractivity contribution >= 4 is 23.8 Å².